The number of aromatic nitrogens is 3. The lowest BCUT2D eigenvalue weighted by Crippen LogP contribution is -2.45. The average molecular weight is 420 g/mol. The first-order valence-electron chi connectivity index (χ1n) is 8.63. The maximum Gasteiger partial charge on any atom is 0.416 e. The van der Waals surface area contributed by atoms with Gasteiger partial charge in [-0.3, -0.25) is 4.79 Å². The van der Waals surface area contributed by atoms with Crippen LogP contribution in [0.1, 0.15) is 17.0 Å². The number of rotatable bonds is 5. The Hall–Kier alpha value is -3.01. The van der Waals surface area contributed by atoms with Crippen molar-refractivity contribution >= 4 is 17.7 Å². The second kappa shape index (κ2) is 7.78. The minimum atomic E-state index is -4.45. The van der Waals surface area contributed by atoms with Crippen molar-refractivity contribution in [2.75, 3.05) is 10.8 Å². The van der Waals surface area contributed by atoms with Crippen molar-refractivity contribution < 1.29 is 22.7 Å². The number of amides is 1. The Kier molecular flexibility index (Phi) is 5.18. The lowest BCUT2D eigenvalue weighted by molar-refractivity contribution is -0.137. The molecule has 0 saturated carbocycles. The third-order valence-electron chi connectivity index (χ3n) is 4.23. The van der Waals surface area contributed by atoms with Crippen molar-refractivity contribution in [3.63, 3.8) is 0 Å². The summed E-state index contributed by atoms with van der Waals surface area (Å²) in [7, 11) is 0. The van der Waals surface area contributed by atoms with E-state index in [2.05, 4.69) is 10.2 Å². The number of para-hydroxylation sites is 1. The first-order valence-corrected chi connectivity index (χ1v) is 9.62. The minimum Gasteiger partial charge on any atom is -0.486 e. The molecular weight excluding hydrogens is 405 g/mol. The number of thioether (sulfide) groups is 1. The van der Waals surface area contributed by atoms with E-state index < -0.39 is 11.7 Å². The molecule has 0 N–H and O–H groups in total. The summed E-state index contributed by atoms with van der Waals surface area (Å²) < 4.78 is 46.2. The molecule has 0 atom stereocenters. The molecule has 1 aliphatic rings. The van der Waals surface area contributed by atoms with Crippen molar-refractivity contribution in [3.8, 4) is 5.75 Å². The second-order valence-corrected chi connectivity index (χ2v) is 7.19. The summed E-state index contributed by atoms with van der Waals surface area (Å²) >= 11 is 1.22. The summed E-state index contributed by atoms with van der Waals surface area (Å²) in [6.07, 6.45) is -4.45. The fourth-order valence-electron chi connectivity index (χ4n) is 2.87. The molecule has 0 spiro atoms. The zero-order valence-electron chi connectivity index (χ0n) is 15.0. The molecule has 1 amide bonds. The molecule has 3 aromatic rings. The highest BCUT2D eigenvalue weighted by Gasteiger charge is 2.32. The molecule has 4 rings (SSSR count). The maximum atomic E-state index is 13.0. The van der Waals surface area contributed by atoms with Crippen LogP contribution in [0, 0.1) is 0 Å². The second-order valence-electron chi connectivity index (χ2n) is 6.25. The number of hydrogen-bond acceptors (Lipinski definition) is 5. The summed E-state index contributed by atoms with van der Waals surface area (Å²) in [5, 5.41) is 10.0. The van der Waals surface area contributed by atoms with Crippen LogP contribution in [-0.2, 0) is 24.1 Å². The van der Waals surface area contributed by atoms with Crippen molar-refractivity contribution in [2.45, 2.75) is 24.5 Å². The lowest BCUT2D eigenvalue weighted by atomic mass is 10.1. The summed E-state index contributed by atoms with van der Waals surface area (Å²) in [5.74, 6) is 0.900. The van der Waals surface area contributed by atoms with Gasteiger partial charge < -0.3 is 4.74 Å². The number of hydrogen-bond donors (Lipinski definition) is 0. The van der Waals surface area contributed by atoms with E-state index in [1.807, 2.05) is 18.2 Å². The van der Waals surface area contributed by atoms with E-state index in [0.29, 0.717) is 22.3 Å². The molecule has 0 bridgehead atoms. The zero-order valence-corrected chi connectivity index (χ0v) is 15.8. The van der Waals surface area contributed by atoms with Crippen molar-refractivity contribution in [1.29, 1.82) is 0 Å². The van der Waals surface area contributed by atoms with Gasteiger partial charge in [-0.1, -0.05) is 42.1 Å². The predicted octanol–water partition coefficient (Wildman–Crippen LogP) is 3.65. The van der Waals surface area contributed by atoms with E-state index in [9.17, 15) is 18.0 Å². The van der Waals surface area contributed by atoms with Gasteiger partial charge in [-0.05, 0) is 29.8 Å². The van der Waals surface area contributed by atoms with Gasteiger partial charge >= 0.3 is 6.18 Å². The van der Waals surface area contributed by atoms with Gasteiger partial charge in [-0.15, -0.1) is 10.2 Å². The first kappa shape index (κ1) is 19.3. The Morgan fingerprint density at radius 2 is 1.86 bits per heavy atom. The first-order chi connectivity index (χ1) is 13.9. The minimum absolute atomic E-state index is 0.0350. The molecular formula is C19H15F3N4O2S. The van der Waals surface area contributed by atoms with Gasteiger partial charge in [0.25, 0.3) is 5.91 Å². The number of fused-ring (bicyclic) bond motifs is 1. The zero-order chi connectivity index (χ0) is 20.4. The molecule has 1 aromatic heterocycles. The monoisotopic (exact) mass is 420 g/mol. The number of ether oxygens (including phenoxy) is 1. The van der Waals surface area contributed by atoms with Gasteiger partial charge in [0.05, 0.1) is 17.9 Å². The number of alkyl halides is 3. The summed E-state index contributed by atoms with van der Waals surface area (Å²) in [4.78, 5) is 12.5. The van der Waals surface area contributed by atoms with E-state index in [-0.39, 0.29) is 24.8 Å². The number of nitrogens with zero attached hydrogens (tertiary/aromatic N) is 4. The van der Waals surface area contributed by atoms with Gasteiger partial charge in [0.2, 0.25) is 5.16 Å². The molecule has 6 nitrogen and oxygen atoms in total. The van der Waals surface area contributed by atoms with Crippen LogP contribution in [0.2, 0.25) is 0 Å². The Morgan fingerprint density at radius 3 is 2.62 bits per heavy atom. The number of benzene rings is 2. The number of carbonyl (C=O) groups is 1. The Morgan fingerprint density at radius 1 is 1.07 bits per heavy atom. The summed E-state index contributed by atoms with van der Waals surface area (Å²) in [6, 6.07) is 14.0. The standard InChI is InChI=1S/C19H15F3N4O2S/c20-19(21,22)14-6-4-5-13(9-14)10-25-17(27)12-29-18-24-23-16(26(18)25)11-28-15-7-2-1-3-8-15/h1-9H,10-12H2. The lowest BCUT2D eigenvalue weighted by Gasteiger charge is -2.29. The van der Waals surface area contributed by atoms with Crippen LogP contribution >= 0.6 is 11.8 Å². The largest absolute Gasteiger partial charge is 0.486 e. The molecule has 0 unspecified atom stereocenters. The smallest absolute Gasteiger partial charge is 0.416 e. The normalized spacial score (nSPS) is 14.0. The van der Waals surface area contributed by atoms with Crippen LogP contribution in [0.15, 0.2) is 59.8 Å². The molecule has 29 heavy (non-hydrogen) atoms. The molecule has 150 valence electrons. The molecule has 2 heterocycles. The Bertz CT molecular complexity index is 1020. The van der Waals surface area contributed by atoms with Crippen LogP contribution < -0.4 is 9.75 Å². The average Bonchev–Trinajstić information content (AvgIpc) is 3.12. The van der Waals surface area contributed by atoms with Crippen molar-refractivity contribution in [2.24, 2.45) is 0 Å². The highest BCUT2D eigenvalue weighted by molar-refractivity contribution is 7.99. The van der Waals surface area contributed by atoms with E-state index in [1.165, 1.54) is 27.5 Å². The van der Waals surface area contributed by atoms with E-state index >= 15 is 0 Å². The number of halogens is 3. The van der Waals surface area contributed by atoms with Crippen LogP contribution in [0.5, 0.6) is 5.75 Å². The third-order valence-corrected chi connectivity index (χ3v) is 5.13. The van der Waals surface area contributed by atoms with Gasteiger partial charge in [-0.2, -0.15) is 13.2 Å². The van der Waals surface area contributed by atoms with Gasteiger partial charge in [-0.25, -0.2) is 9.69 Å². The van der Waals surface area contributed by atoms with Crippen LogP contribution in [-0.4, -0.2) is 26.5 Å². The highest BCUT2D eigenvalue weighted by atomic mass is 32.2. The summed E-state index contributed by atoms with van der Waals surface area (Å²) in [6.45, 7) is 0.0244. The molecule has 2 aromatic carbocycles. The Balaban J connectivity index is 1.60. The van der Waals surface area contributed by atoms with Crippen LogP contribution in [0.25, 0.3) is 0 Å². The highest BCUT2D eigenvalue weighted by Crippen LogP contribution is 2.30. The molecule has 0 radical (unpaired) electrons. The van der Waals surface area contributed by atoms with E-state index in [0.717, 1.165) is 12.1 Å². The van der Waals surface area contributed by atoms with Crippen LogP contribution in [0.4, 0.5) is 13.2 Å². The molecule has 0 aliphatic carbocycles. The van der Waals surface area contributed by atoms with Crippen molar-refractivity contribution in [1.82, 2.24) is 14.9 Å². The number of carbonyl (C=O) groups excluding carboxylic acids is 1. The van der Waals surface area contributed by atoms with Gasteiger partial charge in [0.1, 0.15) is 12.4 Å². The van der Waals surface area contributed by atoms with Gasteiger partial charge in [0.15, 0.2) is 5.82 Å². The molecule has 0 saturated heterocycles. The molecule has 0 fully saturated rings. The topological polar surface area (TPSA) is 60.2 Å². The van der Waals surface area contributed by atoms with Gasteiger partial charge in [0, 0.05) is 0 Å². The quantitative estimate of drug-likeness (QED) is 0.631. The fraction of sp³-hybridized carbons (Fsp3) is 0.211. The molecule has 10 heteroatoms. The molecule has 1 aliphatic heterocycles. The van der Waals surface area contributed by atoms with Crippen LogP contribution in [0.3, 0.4) is 0 Å². The summed E-state index contributed by atoms with van der Waals surface area (Å²) in [5.41, 5.74) is -0.403. The predicted molar refractivity (Wildman–Crippen MR) is 99.9 cm³/mol. The Labute approximate surface area is 168 Å². The fourth-order valence-corrected chi connectivity index (χ4v) is 3.70. The van der Waals surface area contributed by atoms with E-state index in [4.69, 9.17) is 4.74 Å². The third kappa shape index (κ3) is 4.21. The van der Waals surface area contributed by atoms with Crippen molar-refractivity contribution in [3.05, 3.63) is 71.5 Å². The SMILES string of the molecule is O=C1CSc2nnc(COc3ccccc3)n2N1Cc1cccc(C(F)(F)F)c1. The maximum absolute atomic E-state index is 13.0. The van der Waals surface area contributed by atoms with E-state index in [1.54, 1.807) is 18.2 Å².